The molecule has 0 amide bonds. The Morgan fingerprint density at radius 2 is 2.11 bits per heavy atom. The minimum atomic E-state index is 0.501. The molecule has 0 bridgehead atoms. The summed E-state index contributed by atoms with van der Waals surface area (Å²) in [6, 6.07) is 1.78. The normalized spacial score (nSPS) is 10.7. The largest absolute Gasteiger partial charge is 0.475 e. The highest BCUT2D eigenvalue weighted by Crippen LogP contribution is 2.18. The third kappa shape index (κ3) is 5.55. The van der Waals surface area contributed by atoms with Crippen molar-refractivity contribution in [3.05, 3.63) is 6.07 Å². The van der Waals surface area contributed by atoms with Crippen LogP contribution >= 0.6 is 11.8 Å². The second-order valence-electron chi connectivity index (χ2n) is 4.15. The fraction of sp³-hybridized carbons (Fsp3) is 0.667. The maximum Gasteiger partial charge on any atom is 0.219 e. The molecule has 0 saturated carbocycles. The minimum absolute atomic E-state index is 0.501. The van der Waals surface area contributed by atoms with E-state index in [0.29, 0.717) is 30.2 Å². The summed E-state index contributed by atoms with van der Waals surface area (Å²) in [5.41, 5.74) is 0. The van der Waals surface area contributed by atoms with Gasteiger partial charge in [0.2, 0.25) is 5.88 Å². The summed E-state index contributed by atoms with van der Waals surface area (Å²) < 4.78 is 11.0. The van der Waals surface area contributed by atoms with Crippen molar-refractivity contribution < 1.29 is 9.47 Å². The fourth-order valence-electron chi connectivity index (χ4n) is 1.22. The first-order chi connectivity index (χ1) is 8.65. The quantitative estimate of drug-likeness (QED) is 0.445. The molecule has 18 heavy (non-hydrogen) atoms. The molecular formula is C12H21N3O2S. The molecule has 0 spiro atoms. The van der Waals surface area contributed by atoms with Gasteiger partial charge < -0.3 is 14.8 Å². The van der Waals surface area contributed by atoms with Crippen molar-refractivity contribution in [3.63, 3.8) is 0 Å². The van der Waals surface area contributed by atoms with Gasteiger partial charge in [-0.2, -0.15) is 4.98 Å². The Kier molecular flexibility index (Phi) is 6.82. The van der Waals surface area contributed by atoms with Gasteiger partial charge >= 0.3 is 0 Å². The van der Waals surface area contributed by atoms with Crippen LogP contribution in [0.25, 0.3) is 0 Å². The van der Waals surface area contributed by atoms with Crippen LogP contribution in [0.1, 0.15) is 13.8 Å². The van der Waals surface area contributed by atoms with Crippen molar-refractivity contribution in [1.82, 2.24) is 9.97 Å². The molecule has 102 valence electrons. The highest BCUT2D eigenvalue weighted by atomic mass is 32.2. The van der Waals surface area contributed by atoms with Crippen LogP contribution < -0.4 is 10.1 Å². The molecule has 0 aliphatic heterocycles. The Bertz CT molecular complexity index is 339. The van der Waals surface area contributed by atoms with Gasteiger partial charge in [0.15, 0.2) is 5.16 Å². The molecule has 1 aromatic rings. The molecule has 1 heterocycles. The van der Waals surface area contributed by atoms with E-state index in [1.165, 1.54) is 11.8 Å². The van der Waals surface area contributed by atoms with Crippen LogP contribution in [0.5, 0.6) is 5.88 Å². The predicted octanol–water partition coefficient (Wildman–Crippen LogP) is 2.29. The van der Waals surface area contributed by atoms with E-state index in [0.717, 1.165) is 12.4 Å². The predicted molar refractivity (Wildman–Crippen MR) is 74.5 cm³/mol. The van der Waals surface area contributed by atoms with Gasteiger partial charge in [0.25, 0.3) is 0 Å². The number of thioether (sulfide) groups is 1. The zero-order chi connectivity index (χ0) is 13.4. The summed E-state index contributed by atoms with van der Waals surface area (Å²) in [7, 11) is 1.82. The highest BCUT2D eigenvalue weighted by molar-refractivity contribution is 7.98. The lowest BCUT2D eigenvalue weighted by Gasteiger charge is -2.09. The molecule has 0 aromatic carbocycles. The Labute approximate surface area is 113 Å². The molecule has 0 fully saturated rings. The Balaban J connectivity index is 2.41. The molecule has 0 saturated heterocycles. The first-order valence-corrected chi connectivity index (χ1v) is 7.19. The number of anilines is 1. The number of hydrogen-bond donors (Lipinski definition) is 1. The van der Waals surface area contributed by atoms with Crippen LogP contribution in [-0.2, 0) is 4.74 Å². The van der Waals surface area contributed by atoms with Gasteiger partial charge in [-0.3, -0.25) is 0 Å². The molecule has 1 rings (SSSR count). The summed E-state index contributed by atoms with van der Waals surface area (Å²) >= 11 is 1.49. The molecule has 0 radical (unpaired) electrons. The standard InChI is InChI=1S/C12H21N3O2S/c1-9(2)8-16-5-6-17-11-7-10(13-3)14-12(15-11)18-4/h7,9H,5-6,8H2,1-4H3,(H,13,14,15). The lowest BCUT2D eigenvalue weighted by molar-refractivity contribution is 0.0804. The second kappa shape index (κ2) is 8.16. The van der Waals surface area contributed by atoms with E-state index in [4.69, 9.17) is 9.47 Å². The molecule has 0 atom stereocenters. The van der Waals surface area contributed by atoms with E-state index in [2.05, 4.69) is 29.1 Å². The van der Waals surface area contributed by atoms with E-state index >= 15 is 0 Å². The van der Waals surface area contributed by atoms with Gasteiger partial charge in [0, 0.05) is 19.7 Å². The number of rotatable bonds is 8. The fourth-order valence-corrected chi connectivity index (χ4v) is 1.59. The number of nitrogens with zero attached hydrogens (tertiary/aromatic N) is 2. The van der Waals surface area contributed by atoms with E-state index in [-0.39, 0.29) is 0 Å². The number of aromatic nitrogens is 2. The average Bonchev–Trinajstić information content (AvgIpc) is 2.37. The van der Waals surface area contributed by atoms with Gasteiger partial charge in [-0.15, -0.1) is 0 Å². The van der Waals surface area contributed by atoms with Gasteiger partial charge in [0.05, 0.1) is 6.61 Å². The van der Waals surface area contributed by atoms with Crippen LogP contribution in [0.3, 0.4) is 0 Å². The molecular weight excluding hydrogens is 250 g/mol. The van der Waals surface area contributed by atoms with Crippen LogP contribution in [0, 0.1) is 5.92 Å². The van der Waals surface area contributed by atoms with Crippen molar-refractivity contribution >= 4 is 17.6 Å². The van der Waals surface area contributed by atoms with Crippen molar-refractivity contribution in [2.24, 2.45) is 5.92 Å². The van der Waals surface area contributed by atoms with Gasteiger partial charge in [-0.25, -0.2) is 4.98 Å². The maximum absolute atomic E-state index is 5.54. The Morgan fingerprint density at radius 1 is 1.33 bits per heavy atom. The summed E-state index contributed by atoms with van der Waals surface area (Å²) in [6.45, 7) is 6.07. The molecule has 0 unspecified atom stereocenters. The molecule has 1 N–H and O–H groups in total. The monoisotopic (exact) mass is 271 g/mol. The molecule has 0 aliphatic carbocycles. The highest BCUT2D eigenvalue weighted by Gasteiger charge is 2.04. The van der Waals surface area contributed by atoms with Crippen LogP contribution in [0.15, 0.2) is 11.2 Å². The Morgan fingerprint density at radius 3 is 2.72 bits per heavy atom. The minimum Gasteiger partial charge on any atom is -0.475 e. The summed E-state index contributed by atoms with van der Waals surface area (Å²) in [4.78, 5) is 8.53. The van der Waals surface area contributed by atoms with Crippen LogP contribution in [0.2, 0.25) is 0 Å². The lowest BCUT2D eigenvalue weighted by Crippen LogP contribution is -2.11. The topological polar surface area (TPSA) is 56.3 Å². The summed E-state index contributed by atoms with van der Waals surface area (Å²) in [5, 5.41) is 3.68. The third-order valence-corrected chi connectivity index (χ3v) is 2.60. The smallest absolute Gasteiger partial charge is 0.219 e. The first-order valence-electron chi connectivity index (χ1n) is 5.97. The summed E-state index contributed by atoms with van der Waals surface area (Å²) in [6.07, 6.45) is 1.93. The second-order valence-corrected chi connectivity index (χ2v) is 4.92. The number of ether oxygens (including phenoxy) is 2. The zero-order valence-electron chi connectivity index (χ0n) is 11.4. The van der Waals surface area contributed by atoms with Gasteiger partial charge in [-0.05, 0) is 12.2 Å². The van der Waals surface area contributed by atoms with Gasteiger partial charge in [0.1, 0.15) is 12.4 Å². The number of hydrogen-bond acceptors (Lipinski definition) is 6. The van der Waals surface area contributed by atoms with Crippen molar-refractivity contribution in [2.75, 3.05) is 38.4 Å². The van der Waals surface area contributed by atoms with Crippen molar-refractivity contribution in [2.45, 2.75) is 19.0 Å². The van der Waals surface area contributed by atoms with Crippen molar-refractivity contribution in [1.29, 1.82) is 0 Å². The van der Waals surface area contributed by atoms with Crippen LogP contribution in [0.4, 0.5) is 5.82 Å². The molecule has 0 aliphatic rings. The zero-order valence-corrected chi connectivity index (χ0v) is 12.2. The van der Waals surface area contributed by atoms with E-state index in [9.17, 15) is 0 Å². The van der Waals surface area contributed by atoms with Gasteiger partial charge in [-0.1, -0.05) is 25.6 Å². The Hall–Kier alpha value is -1.01. The third-order valence-electron chi connectivity index (χ3n) is 2.05. The van der Waals surface area contributed by atoms with E-state index < -0.39 is 0 Å². The summed E-state index contributed by atoms with van der Waals surface area (Å²) in [5.74, 6) is 1.88. The van der Waals surface area contributed by atoms with E-state index in [1.54, 1.807) is 6.07 Å². The average molecular weight is 271 g/mol. The lowest BCUT2D eigenvalue weighted by atomic mass is 10.2. The molecule has 1 aromatic heterocycles. The molecule has 6 heteroatoms. The number of nitrogens with one attached hydrogen (secondary N) is 1. The maximum atomic E-state index is 5.54. The van der Waals surface area contributed by atoms with Crippen LogP contribution in [-0.4, -0.2) is 43.1 Å². The first kappa shape index (κ1) is 15.0. The van der Waals surface area contributed by atoms with Crippen molar-refractivity contribution in [3.8, 4) is 5.88 Å². The molecule has 5 nitrogen and oxygen atoms in total. The van der Waals surface area contributed by atoms with E-state index in [1.807, 2.05) is 13.3 Å². The SMILES string of the molecule is CNc1cc(OCCOCC(C)C)nc(SC)n1.